The molecule has 1 saturated heterocycles. The van der Waals surface area contributed by atoms with Crippen molar-refractivity contribution in [3.05, 3.63) is 155 Å². The molecule has 5 atom stereocenters. The minimum absolute atomic E-state index is 0.228. The first-order valence-corrected chi connectivity index (χ1v) is 15.7. The molecule has 0 saturated carbocycles. The van der Waals surface area contributed by atoms with Gasteiger partial charge in [0.05, 0.1) is 0 Å². The van der Waals surface area contributed by atoms with E-state index in [1.54, 1.807) is 0 Å². The van der Waals surface area contributed by atoms with Crippen LogP contribution in [0.2, 0.25) is 5.02 Å². The maximum Gasteiger partial charge on any atom is 0.178 e. The molecule has 0 unspecified atom stereocenters. The van der Waals surface area contributed by atoms with Crippen LogP contribution >= 0.6 is 11.6 Å². The van der Waals surface area contributed by atoms with Gasteiger partial charge in [-0.3, -0.25) is 0 Å². The van der Waals surface area contributed by atoms with E-state index in [1.807, 2.05) is 133 Å². The number of hydrogen-bond donors (Lipinski definition) is 0. The smallest absolute Gasteiger partial charge is 0.178 e. The second kappa shape index (κ2) is 14.6. The van der Waals surface area contributed by atoms with Gasteiger partial charge in [-0.25, -0.2) is 0 Å². The van der Waals surface area contributed by atoms with E-state index in [9.17, 15) is 0 Å². The molecule has 0 spiro atoms. The normalized spacial score (nSPS) is 21.1. The average Bonchev–Trinajstić information content (AvgIpc) is 3.07. The van der Waals surface area contributed by atoms with E-state index in [-0.39, 0.29) is 6.61 Å². The monoisotopic (exact) mass is 620 g/mol. The van der Waals surface area contributed by atoms with E-state index in [2.05, 4.69) is 13.8 Å². The largest absolute Gasteiger partial charge is 0.491 e. The number of para-hydroxylation sites is 4. The molecular weight excluding hydrogens is 584 g/mol. The standard InChI is InChI=1S/C39H37ClO5/c1-3-33-27(2)24-28(40)25-34(33)36-38(43-31-20-12-6-13-21-31)39(44-32-22-14-7-15-23-32)37(42-30-18-10-5-11-19-30)35(45-36)26-41-29-16-8-4-9-17-29/h4-25,35-39H,3,26H2,1-2H3/t35-,36-,37-,38-,39+/m1/s1. The Balaban J connectivity index is 1.49. The molecule has 0 N–H and O–H groups in total. The first-order chi connectivity index (χ1) is 22.1. The third kappa shape index (κ3) is 7.44. The van der Waals surface area contributed by atoms with Crippen LogP contribution in [0.1, 0.15) is 29.7 Å². The van der Waals surface area contributed by atoms with Crippen LogP contribution in [0, 0.1) is 6.92 Å². The van der Waals surface area contributed by atoms with Crippen molar-refractivity contribution < 1.29 is 23.7 Å². The quantitative estimate of drug-likeness (QED) is 0.147. The zero-order valence-corrected chi connectivity index (χ0v) is 26.2. The first-order valence-electron chi connectivity index (χ1n) is 15.4. The second-order valence-corrected chi connectivity index (χ2v) is 11.5. The Bertz CT molecular complexity index is 1630. The van der Waals surface area contributed by atoms with Crippen LogP contribution in [0.15, 0.2) is 133 Å². The highest BCUT2D eigenvalue weighted by molar-refractivity contribution is 6.30. The lowest BCUT2D eigenvalue weighted by Gasteiger charge is -2.46. The molecular formula is C39H37ClO5. The molecule has 45 heavy (non-hydrogen) atoms. The molecule has 0 radical (unpaired) electrons. The van der Waals surface area contributed by atoms with Crippen molar-refractivity contribution in [2.24, 2.45) is 0 Å². The molecule has 5 aromatic rings. The summed E-state index contributed by atoms with van der Waals surface area (Å²) >= 11 is 6.71. The zero-order chi connectivity index (χ0) is 31.0. The van der Waals surface area contributed by atoms with Gasteiger partial charge in [-0.2, -0.15) is 0 Å². The van der Waals surface area contributed by atoms with Crippen LogP contribution in [0.25, 0.3) is 0 Å². The Morgan fingerprint density at radius 1 is 0.600 bits per heavy atom. The van der Waals surface area contributed by atoms with Crippen LogP contribution < -0.4 is 18.9 Å². The lowest BCUT2D eigenvalue weighted by Crippen LogP contribution is -2.62. The average molecular weight is 621 g/mol. The first kappa shape index (κ1) is 30.6. The molecule has 1 aliphatic rings. The Kier molecular flexibility index (Phi) is 9.89. The Morgan fingerprint density at radius 3 is 1.58 bits per heavy atom. The van der Waals surface area contributed by atoms with Crippen LogP contribution in [-0.2, 0) is 11.2 Å². The lowest BCUT2D eigenvalue weighted by atomic mass is 9.86. The van der Waals surface area contributed by atoms with E-state index in [0.29, 0.717) is 22.3 Å². The predicted molar refractivity (Wildman–Crippen MR) is 178 cm³/mol. The maximum absolute atomic E-state index is 7.07. The van der Waals surface area contributed by atoms with Gasteiger partial charge in [0.15, 0.2) is 18.3 Å². The minimum atomic E-state index is -0.613. The van der Waals surface area contributed by atoms with Gasteiger partial charge in [0.1, 0.15) is 41.8 Å². The van der Waals surface area contributed by atoms with E-state index in [1.165, 1.54) is 0 Å². The molecule has 0 bridgehead atoms. The summed E-state index contributed by atoms with van der Waals surface area (Å²) in [5, 5.41) is 0.641. The van der Waals surface area contributed by atoms with Crippen molar-refractivity contribution in [2.75, 3.05) is 6.61 Å². The molecule has 0 amide bonds. The minimum Gasteiger partial charge on any atom is -0.491 e. The molecule has 5 aromatic carbocycles. The number of aryl methyl sites for hydroxylation is 1. The molecule has 0 aromatic heterocycles. The van der Waals surface area contributed by atoms with Gasteiger partial charge in [-0.15, -0.1) is 0 Å². The van der Waals surface area contributed by atoms with Crippen molar-refractivity contribution in [1.29, 1.82) is 0 Å². The molecule has 5 nitrogen and oxygen atoms in total. The summed E-state index contributed by atoms with van der Waals surface area (Å²) in [5.41, 5.74) is 3.23. The van der Waals surface area contributed by atoms with E-state index in [4.69, 9.17) is 35.3 Å². The Hall–Kier alpha value is -4.45. The van der Waals surface area contributed by atoms with E-state index < -0.39 is 30.5 Å². The molecule has 0 aliphatic carbocycles. The maximum atomic E-state index is 7.07. The van der Waals surface area contributed by atoms with Crippen LogP contribution in [-0.4, -0.2) is 31.0 Å². The van der Waals surface area contributed by atoms with Gasteiger partial charge in [0.2, 0.25) is 0 Å². The number of rotatable bonds is 11. The van der Waals surface area contributed by atoms with E-state index in [0.717, 1.165) is 28.9 Å². The van der Waals surface area contributed by atoms with Crippen LogP contribution in [0.3, 0.4) is 0 Å². The highest BCUT2D eigenvalue weighted by Crippen LogP contribution is 2.41. The highest BCUT2D eigenvalue weighted by Gasteiger charge is 2.52. The predicted octanol–water partition coefficient (Wildman–Crippen LogP) is 9.07. The summed E-state index contributed by atoms with van der Waals surface area (Å²) in [6.07, 6.45) is -2.12. The summed E-state index contributed by atoms with van der Waals surface area (Å²) in [4.78, 5) is 0. The zero-order valence-electron chi connectivity index (χ0n) is 25.4. The molecule has 1 heterocycles. The SMILES string of the molecule is CCc1c(C)cc(Cl)cc1[C@H]1O[C@H](COc2ccccc2)[C@@H](Oc2ccccc2)[C@H](Oc2ccccc2)[C@@H]1Oc1ccccc1. The van der Waals surface area contributed by atoms with E-state index >= 15 is 0 Å². The van der Waals surface area contributed by atoms with Crippen LogP contribution in [0.5, 0.6) is 23.0 Å². The van der Waals surface area contributed by atoms with Gasteiger partial charge in [0.25, 0.3) is 0 Å². The van der Waals surface area contributed by atoms with Gasteiger partial charge in [0, 0.05) is 5.02 Å². The van der Waals surface area contributed by atoms with Gasteiger partial charge >= 0.3 is 0 Å². The molecule has 6 rings (SSSR count). The lowest BCUT2D eigenvalue weighted by molar-refractivity contribution is -0.210. The summed E-state index contributed by atoms with van der Waals surface area (Å²) in [6, 6.07) is 43.0. The fourth-order valence-corrected chi connectivity index (χ4v) is 6.18. The van der Waals surface area contributed by atoms with Crippen molar-refractivity contribution in [3.8, 4) is 23.0 Å². The Labute approximate surface area is 270 Å². The number of halogens is 1. The van der Waals surface area contributed by atoms with Gasteiger partial charge < -0.3 is 23.7 Å². The number of hydrogen-bond acceptors (Lipinski definition) is 5. The molecule has 1 fully saturated rings. The summed E-state index contributed by atoms with van der Waals surface area (Å²) in [5.74, 6) is 2.84. The summed E-state index contributed by atoms with van der Waals surface area (Å²) < 4.78 is 33.9. The van der Waals surface area contributed by atoms with Crippen molar-refractivity contribution >= 4 is 11.6 Å². The van der Waals surface area contributed by atoms with Gasteiger partial charge in [-0.05, 0) is 90.7 Å². The fourth-order valence-electron chi connectivity index (χ4n) is 5.90. The van der Waals surface area contributed by atoms with Crippen LogP contribution in [0.4, 0.5) is 0 Å². The number of ether oxygens (including phenoxy) is 5. The Morgan fingerprint density at radius 2 is 1.07 bits per heavy atom. The van der Waals surface area contributed by atoms with Gasteiger partial charge in [-0.1, -0.05) is 91.3 Å². The molecule has 230 valence electrons. The van der Waals surface area contributed by atoms with Crippen molar-refractivity contribution in [2.45, 2.75) is 50.8 Å². The number of benzene rings is 5. The van der Waals surface area contributed by atoms with Crippen molar-refractivity contribution in [3.63, 3.8) is 0 Å². The summed E-state index contributed by atoms with van der Waals surface area (Å²) in [6.45, 7) is 4.45. The molecule has 1 aliphatic heterocycles. The third-order valence-corrected chi connectivity index (χ3v) is 8.19. The summed E-state index contributed by atoms with van der Waals surface area (Å²) in [7, 11) is 0. The fraction of sp³-hybridized carbons (Fsp3) is 0.231. The topological polar surface area (TPSA) is 46.2 Å². The second-order valence-electron chi connectivity index (χ2n) is 11.0. The highest BCUT2D eigenvalue weighted by atomic mass is 35.5. The van der Waals surface area contributed by atoms with Crippen molar-refractivity contribution in [1.82, 2.24) is 0 Å². The molecule has 6 heteroatoms. The third-order valence-electron chi connectivity index (χ3n) is 7.97.